The molecule has 0 spiro atoms. The fourth-order valence-electron chi connectivity index (χ4n) is 2.98. The normalized spacial score (nSPS) is 14.9. The summed E-state index contributed by atoms with van der Waals surface area (Å²) in [5, 5.41) is 3.57. The number of rotatable bonds is 4. The van der Waals surface area contributed by atoms with E-state index >= 15 is 0 Å². The fraction of sp³-hybridized carbons (Fsp3) is 0.333. The van der Waals surface area contributed by atoms with E-state index in [1.807, 2.05) is 12.1 Å². The number of hydrogen-bond acceptors (Lipinski definition) is 1. The van der Waals surface area contributed by atoms with Gasteiger partial charge in [0.25, 0.3) is 0 Å². The zero-order chi connectivity index (χ0) is 13.9. The van der Waals surface area contributed by atoms with Crippen molar-refractivity contribution in [3.8, 4) is 0 Å². The van der Waals surface area contributed by atoms with Crippen LogP contribution in [0.4, 0.5) is 10.1 Å². The first-order valence-corrected chi connectivity index (χ1v) is 7.40. The van der Waals surface area contributed by atoms with E-state index < -0.39 is 0 Å². The molecular formula is C18H20FN. The van der Waals surface area contributed by atoms with Crippen molar-refractivity contribution in [1.29, 1.82) is 0 Å². The quantitative estimate of drug-likeness (QED) is 0.834. The third kappa shape index (κ3) is 2.69. The molecule has 1 unspecified atom stereocenters. The lowest BCUT2D eigenvalue weighted by molar-refractivity contribution is 0.625. The van der Waals surface area contributed by atoms with Crippen LogP contribution in [-0.4, -0.2) is 0 Å². The van der Waals surface area contributed by atoms with Crippen LogP contribution in [-0.2, 0) is 12.8 Å². The summed E-state index contributed by atoms with van der Waals surface area (Å²) in [5.41, 5.74) is 5.27. The van der Waals surface area contributed by atoms with Crippen LogP contribution in [0.1, 0.15) is 42.5 Å². The largest absolute Gasteiger partial charge is 0.378 e. The van der Waals surface area contributed by atoms with Crippen LogP contribution in [0.15, 0.2) is 42.5 Å². The van der Waals surface area contributed by atoms with Gasteiger partial charge in [-0.1, -0.05) is 25.1 Å². The minimum absolute atomic E-state index is 0.180. The average molecular weight is 269 g/mol. The molecule has 20 heavy (non-hydrogen) atoms. The van der Waals surface area contributed by atoms with Crippen molar-refractivity contribution < 1.29 is 4.39 Å². The summed E-state index contributed by atoms with van der Waals surface area (Å²) < 4.78 is 13.0. The highest BCUT2D eigenvalue weighted by atomic mass is 19.1. The van der Waals surface area contributed by atoms with Crippen molar-refractivity contribution in [3.05, 3.63) is 65.0 Å². The Morgan fingerprint density at radius 2 is 1.80 bits per heavy atom. The van der Waals surface area contributed by atoms with Crippen molar-refractivity contribution in [2.24, 2.45) is 0 Å². The fourth-order valence-corrected chi connectivity index (χ4v) is 2.98. The number of benzene rings is 2. The third-order valence-corrected chi connectivity index (χ3v) is 4.12. The molecule has 0 bridgehead atoms. The highest BCUT2D eigenvalue weighted by molar-refractivity contribution is 5.51. The van der Waals surface area contributed by atoms with Gasteiger partial charge in [-0.2, -0.15) is 0 Å². The number of aryl methyl sites for hydroxylation is 2. The zero-order valence-electron chi connectivity index (χ0n) is 11.8. The Morgan fingerprint density at radius 3 is 2.55 bits per heavy atom. The molecule has 2 aromatic carbocycles. The second-order valence-electron chi connectivity index (χ2n) is 5.49. The smallest absolute Gasteiger partial charge is 0.123 e. The Kier molecular flexibility index (Phi) is 3.72. The molecule has 1 atom stereocenters. The summed E-state index contributed by atoms with van der Waals surface area (Å²) >= 11 is 0. The van der Waals surface area contributed by atoms with E-state index in [1.165, 1.54) is 48.2 Å². The molecule has 1 N–H and O–H groups in total. The van der Waals surface area contributed by atoms with Crippen molar-refractivity contribution in [3.63, 3.8) is 0 Å². The highest BCUT2D eigenvalue weighted by Crippen LogP contribution is 2.28. The van der Waals surface area contributed by atoms with Crippen molar-refractivity contribution >= 4 is 5.69 Å². The number of fused-ring (bicyclic) bond motifs is 1. The first-order valence-electron chi connectivity index (χ1n) is 7.40. The molecule has 0 aliphatic heterocycles. The van der Waals surface area contributed by atoms with Crippen LogP contribution in [0.5, 0.6) is 0 Å². The lowest BCUT2D eigenvalue weighted by atomic mass is 10.0. The van der Waals surface area contributed by atoms with E-state index in [-0.39, 0.29) is 11.9 Å². The summed E-state index contributed by atoms with van der Waals surface area (Å²) in [6, 6.07) is 13.7. The topological polar surface area (TPSA) is 12.0 Å². The number of anilines is 1. The molecular weight excluding hydrogens is 249 g/mol. The minimum atomic E-state index is -0.180. The van der Waals surface area contributed by atoms with Gasteiger partial charge in [0.2, 0.25) is 0 Å². The maximum Gasteiger partial charge on any atom is 0.123 e. The van der Waals surface area contributed by atoms with E-state index in [0.29, 0.717) is 0 Å². The lowest BCUT2D eigenvalue weighted by Crippen LogP contribution is -2.09. The molecule has 1 aliphatic carbocycles. The second kappa shape index (κ2) is 5.66. The van der Waals surface area contributed by atoms with Crippen molar-refractivity contribution in [2.75, 3.05) is 5.32 Å². The first-order chi connectivity index (χ1) is 9.76. The Bertz CT molecular complexity index is 589. The maximum atomic E-state index is 13.0. The lowest BCUT2D eigenvalue weighted by Gasteiger charge is -2.19. The molecule has 0 saturated heterocycles. The molecule has 0 saturated carbocycles. The molecule has 1 nitrogen and oxygen atoms in total. The van der Waals surface area contributed by atoms with Gasteiger partial charge in [0.15, 0.2) is 0 Å². The number of hydrogen-bond donors (Lipinski definition) is 1. The maximum absolute atomic E-state index is 13.0. The molecule has 0 radical (unpaired) electrons. The van der Waals surface area contributed by atoms with Crippen LogP contribution in [0.3, 0.4) is 0 Å². The van der Waals surface area contributed by atoms with Gasteiger partial charge in [-0.05, 0) is 66.6 Å². The van der Waals surface area contributed by atoms with Gasteiger partial charge in [-0.25, -0.2) is 4.39 Å². The average Bonchev–Trinajstić information content (AvgIpc) is 2.93. The summed E-state index contributed by atoms with van der Waals surface area (Å²) in [7, 11) is 0. The SMILES string of the molecule is CCC(Nc1ccc2c(c1)CCC2)c1ccc(F)cc1. The van der Waals surface area contributed by atoms with Crippen LogP contribution in [0, 0.1) is 5.82 Å². The number of halogens is 1. The van der Waals surface area contributed by atoms with E-state index in [1.54, 1.807) is 0 Å². The summed E-state index contributed by atoms with van der Waals surface area (Å²) in [6.45, 7) is 2.15. The molecule has 0 heterocycles. The Labute approximate surface area is 119 Å². The van der Waals surface area contributed by atoms with Crippen LogP contribution in [0.2, 0.25) is 0 Å². The van der Waals surface area contributed by atoms with Gasteiger partial charge in [-0.3, -0.25) is 0 Å². The van der Waals surface area contributed by atoms with Crippen molar-refractivity contribution in [2.45, 2.75) is 38.6 Å². The van der Waals surface area contributed by atoms with E-state index in [2.05, 4.69) is 30.4 Å². The van der Waals surface area contributed by atoms with Gasteiger partial charge in [0.05, 0.1) is 6.04 Å². The van der Waals surface area contributed by atoms with Gasteiger partial charge in [0.1, 0.15) is 5.82 Å². The van der Waals surface area contributed by atoms with Crippen molar-refractivity contribution in [1.82, 2.24) is 0 Å². The van der Waals surface area contributed by atoms with Gasteiger partial charge >= 0.3 is 0 Å². The molecule has 0 amide bonds. The minimum Gasteiger partial charge on any atom is -0.378 e. The molecule has 0 fully saturated rings. The Morgan fingerprint density at radius 1 is 1.05 bits per heavy atom. The summed E-state index contributed by atoms with van der Waals surface area (Å²) in [5.74, 6) is -0.180. The molecule has 3 rings (SSSR count). The highest BCUT2D eigenvalue weighted by Gasteiger charge is 2.13. The Balaban J connectivity index is 1.79. The van der Waals surface area contributed by atoms with Gasteiger partial charge in [0, 0.05) is 5.69 Å². The summed E-state index contributed by atoms with van der Waals surface area (Å²) in [4.78, 5) is 0. The summed E-state index contributed by atoms with van der Waals surface area (Å²) in [6.07, 6.45) is 4.65. The monoisotopic (exact) mass is 269 g/mol. The molecule has 2 aromatic rings. The van der Waals surface area contributed by atoms with E-state index in [4.69, 9.17) is 0 Å². The zero-order valence-corrected chi connectivity index (χ0v) is 11.8. The molecule has 0 aromatic heterocycles. The predicted molar refractivity (Wildman–Crippen MR) is 81.5 cm³/mol. The van der Waals surface area contributed by atoms with Gasteiger partial charge < -0.3 is 5.32 Å². The van der Waals surface area contributed by atoms with E-state index in [0.717, 1.165) is 12.0 Å². The second-order valence-corrected chi connectivity index (χ2v) is 5.49. The third-order valence-electron chi connectivity index (χ3n) is 4.12. The molecule has 104 valence electrons. The predicted octanol–water partition coefficient (Wildman–Crippen LogP) is 4.88. The van der Waals surface area contributed by atoms with E-state index in [9.17, 15) is 4.39 Å². The van der Waals surface area contributed by atoms with Crippen LogP contribution >= 0.6 is 0 Å². The standard InChI is InChI=1S/C18H20FN/c1-2-18(14-6-9-16(19)10-7-14)20-17-11-8-13-4-3-5-15(13)12-17/h6-12,18,20H,2-5H2,1H3. The molecule has 2 heteroatoms. The first kappa shape index (κ1) is 13.2. The van der Waals surface area contributed by atoms with Crippen LogP contribution < -0.4 is 5.32 Å². The molecule has 1 aliphatic rings. The Hall–Kier alpha value is -1.83. The van der Waals surface area contributed by atoms with Gasteiger partial charge in [-0.15, -0.1) is 0 Å². The number of nitrogens with one attached hydrogen (secondary N) is 1. The van der Waals surface area contributed by atoms with Crippen LogP contribution in [0.25, 0.3) is 0 Å².